The van der Waals surface area contributed by atoms with Crippen molar-refractivity contribution in [1.82, 2.24) is 4.98 Å². The Labute approximate surface area is 100 Å². The molecule has 0 aliphatic heterocycles. The van der Waals surface area contributed by atoms with Crippen LogP contribution in [0.25, 0.3) is 10.9 Å². The molecule has 3 nitrogen and oxygen atoms in total. The van der Waals surface area contributed by atoms with Gasteiger partial charge < -0.3 is 9.84 Å². The van der Waals surface area contributed by atoms with E-state index in [4.69, 9.17) is 4.74 Å². The van der Waals surface area contributed by atoms with Gasteiger partial charge in [-0.1, -0.05) is 6.07 Å². The number of hydrogen-bond acceptors (Lipinski definition) is 3. The molecule has 0 bridgehead atoms. The Bertz CT molecular complexity index is 526. The first-order valence-electron chi connectivity index (χ1n) is 6.01. The van der Waals surface area contributed by atoms with Gasteiger partial charge in [-0.15, -0.1) is 0 Å². The molecule has 88 valence electrons. The van der Waals surface area contributed by atoms with E-state index in [2.05, 4.69) is 4.98 Å². The molecule has 2 unspecified atom stereocenters. The molecule has 1 fully saturated rings. The lowest BCUT2D eigenvalue weighted by Gasteiger charge is -2.13. The summed E-state index contributed by atoms with van der Waals surface area (Å²) in [5.74, 6) is 0.865. The molecule has 1 aliphatic rings. The highest BCUT2D eigenvalue weighted by atomic mass is 16.5. The fourth-order valence-corrected chi connectivity index (χ4v) is 2.34. The molecule has 3 heteroatoms. The van der Waals surface area contributed by atoms with E-state index >= 15 is 0 Å². The van der Waals surface area contributed by atoms with E-state index in [1.54, 1.807) is 6.20 Å². The highest BCUT2D eigenvalue weighted by Crippen LogP contribution is 2.26. The number of rotatable bonds is 2. The number of fused-ring (bicyclic) bond motifs is 1. The molecule has 1 aromatic carbocycles. The summed E-state index contributed by atoms with van der Waals surface area (Å²) in [5.41, 5.74) is 0.978. The number of benzene rings is 1. The number of aromatic nitrogens is 1. The van der Waals surface area contributed by atoms with E-state index < -0.39 is 0 Å². The maximum Gasteiger partial charge on any atom is 0.120 e. The molecule has 1 saturated carbocycles. The molecule has 1 aromatic heterocycles. The fourth-order valence-electron chi connectivity index (χ4n) is 2.34. The Morgan fingerprint density at radius 2 is 2.18 bits per heavy atom. The van der Waals surface area contributed by atoms with E-state index in [0.29, 0.717) is 0 Å². The zero-order valence-corrected chi connectivity index (χ0v) is 9.54. The fraction of sp³-hybridized carbons (Fsp3) is 0.357. The summed E-state index contributed by atoms with van der Waals surface area (Å²) in [6.45, 7) is 0. The van der Waals surface area contributed by atoms with Gasteiger partial charge in [-0.3, -0.25) is 4.98 Å². The third-order valence-electron chi connectivity index (χ3n) is 3.23. The van der Waals surface area contributed by atoms with Crippen molar-refractivity contribution in [1.29, 1.82) is 0 Å². The van der Waals surface area contributed by atoms with Gasteiger partial charge in [0.05, 0.1) is 11.6 Å². The van der Waals surface area contributed by atoms with E-state index in [1.807, 2.05) is 30.3 Å². The predicted octanol–water partition coefficient (Wildman–Crippen LogP) is 2.53. The Hall–Kier alpha value is -1.61. The van der Waals surface area contributed by atoms with Gasteiger partial charge in [0.25, 0.3) is 0 Å². The molecule has 2 atom stereocenters. The van der Waals surface area contributed by atoms with E-state index in [0.717, 1.165) is 35.9 Å². The summed E-state index contributed by atoms with van der Waals surface area (Å²) >= 11 is 0. The molecular weight excluding hydrogens is 214 g/mol. The van der Waals surface area contributed by atoms with Crippen LogP contribution in [0, 0.1) is 0 Å². The molecule has 1 heterocycles. The summed E-state index contributed by atoms with van der Waals surface area (Å²) in [5, 5.41) is 10.5. The van der Waals surface area contributed by atoms with Crippen molar-refractivity contribution < 1.29 is 9.84 Å². The normalized spacial score (nSPS) is 24.1. The molecule has 3 rings (SSSR count). The smallest absolute Gasteiger partial charge is 0.120 e. The Morgan fingerprint density at radius 1 is 1.24 bits per heavy atom. The molecule has 0 amide bonds. The molecule has 17 heavy (non-hydrogen) atoms. The van der Waals surface area contributed by atoms with Crippen LogP contribution in [0.15, 0.2) is 36.5 Å². The quantitative estimate of drug-likeness (QED) is 0.860. The third kappa shape index (κ3) is 2.24. The van der Waals surface area contributed by atoms with Crippen molar-refractivity contribution in [3.05, 3.63) is 36.5 Å². The lowest BCUT2D eigenvalue weighted by atomic mass is 10.2. The molecule has 0 saturated heterocycles. The number of pyridine rings is 1. The number of nitrogens with zero attached hydrogens (tertiary/aromatic N) is 1. The second-order valence-corrected chi connectivity index (χ2v) is 4.56. The second kappa shape index (κ2) is 4.34. The standard InChI is InChI=1S/C14H15NO2/c16-11-3-4-13(9-11)17-12-5-6-14-10(8-12)2-1-7-15-14/h1-2,5-8,11,13,16H,3-4,9H2. The van der Waals surface area contributed by atoms with E-state index in [1.165, 1.54) is 0 Å². The van der Waals surface area contributed by atoms with Crippen LogP contribution in [-0.4, -0.2) is 22.3 Å². The second-order valence-electron chi connectivity index (χ2n) is 4.56. The Morgan fingerprint density at radius 3 is 3.00 bits per heavy atom. The summed E-state index contributed by atoms with van der Waals surface area (Å²) in [6.07, 6.45) is 4.27. The third-order valence-corrected chi connectivity index (χ3v) is 3.23. The van der Waals surface area contributed by atoms with Crippen LogP contribution in [0.4, 0.5) is 0 Å². The molecule has 1 N–H and O–H groups in total. The van der Waals surface area contributed by atoms with Crippen molar-refractivity contribution in [2.24, 2.45) is 0 Å². The first-order valence-corrected chi connectivity index (χ1v) is 6.01. The van der Waals surface area contributed by atoms with Gasteiger partial charge in [-0.05, 0) is 37.1 Å². The molecule has 0 spiro atoms. The summed E-state index contributed by atoms with van der Waals surface area (Å²) in [7, 11) is 0. The van der Waals surface area contributed by atoms with Crippen LogP contribution in [0.3, 0.4) is 0 Å². The molecule has 2 aromatic rings. The SMILES string of the molecule is OC1CCC(Oc2ccc3ncccc3c2)C1. The minimum absolute atomic E-state index is 0.152. The van der Waals surface area contributed by atoms with Gasteiger partial charge in [0, 0.05) is 18.0 Å². The van der Waals surface area contributed by atoms with Gasteiger partial charge in [-0.25, -0.2) is 0 Å². The minimum Gasteiger partial charge on any atom is -0.490 e. The van der Waals surface area contributed by atoms with Crippen molar-refractivity contribution >= 4 is 10.9 Å². The summed E-state index contributed by atoms with van der Waals surface area (Å²) in [4.78, 5) is 4.27. The number of hydrogen-bond donors (Lipinski definition) is 1. The Kier molecular flexibility index (Phi) is 2.69. The monoisotopic (exact) mass is 229 g/mol. The maximum absolute atomic E-state index is 9.46. The van der Waals surface area contributed by atoms with Gasteiger partial charge in [0.1, 0.15) is 11.9 Å². The van der Waals surface area contributed by atoms with Crippen molar-refractivity contribution in [2.75, 3.05) is 0 Å². The van der Waals surface area contributed by atoms with Crippen molar-refractivity contribution in [3.8, 4) is 5.75 Å². The largest absolute Gasteiger partial charge is 0.490 e. The highest BCUT2D eigenvalue weighted by molar-refractivity contribution is 5.79. The van der Waals surface area contributed by atoms with Gasteiger partial charge >= 0.3 is 0 Å². The van der Waals surface area contributed by atoms with Crippen LogP contribution in [0.5, 0.6) is 5.75 Å². The number of aliphatic hydroxyl groups excluding tert-OH is 1. The first kappa shape index (κ1) is 10.5. The lowest BCUT2D eigenvalue weighted by Crippen LogP contribution is -2.13. The van der Waals surface area contributed by atoms with Crippen LogP contribution in [0.1, 0.15) is 19.3 Å². The molecule has 1 aliphatic carbocycles. The molecular formula is C14H15NO2. The van der Waals surface area contributed by atoms with Gasteiger partial charge in [0.15, 0.2) is 0 Å². The predicted molar refractivity (Wildman–Crippen MR) is 66.0 cm³/mol. The average molecular weight is 229 g/mol. The first-order chi connectivity index (χ1) is 8.31. The van der Waals surface area contributed by atoms with Crippen LogP contribution in [-0.2, 0) is 0 Å². The maximum atomic E-state index is 9.46. The summed E-state index contributed by atoms with van der Waals surface area (Å²) < 4.78 is 5.87. The van der Waals surface area contributed by atoms with Crippen LogP contribution in [0.2, 0.25) is 0 Å². The Balaban J connectivity index is 1.81. The topological polar surface area (TPSA) is 42.4 Å². The lowest BCUT2D eigenvalue weighted by molar-refractivity contribution is 0.150. The summed E-state index contributed by atoms with van der Waals surface area (Å²) in [6, 6.07) is 9.87. The van der Waals surface area contributed by atoms with Gasteiger partial charge in [-0.2, -0.15) is 0 Å². The molecule has 0 radical (unpaired) electrons. The van der Waals surface area contributed by atoms with E-state index in [9.17, 15) is 5.11 Å². The highest BCUT2D eigenvalue weighted by Gasteiger charge is 2.24. The minimum atomic E-state index is -0.192. The zero-order valence-electron chi connectivity index (χ0n) is 9.54. The van der Waals surface area contributed by atoms with Gasteiger partial charge in [0.2, 0.25) is 0 Å². The number of ether oxygens (including phenoxy) is 1. The van der Waals surface area contributed by atoms with E-state index in [-0.39, 0.29) is 12.2 Å². The zero-order chi connectivity index (χ0) is 11.7. The van der Waals surface area contributed by atoms with Crippen molar-refractivity contribution in [2.45, 2.75) is 31.5 Å². The average Bonchev–Trinajstić information content (AvgIpc) is 2.75. The van der Waals surface area contributed by atoms with Crippen molar-refractivity contribution in [3.63, 3.8) is 0 Å². The van der Waals surface area contributed by atoms with Crippen LogP contribution < -0.4 is 4.74 Å². The van der Waals surface area contributed by atoms with Crippen LogP contribution >= 0.6 is 0 Å². The number of aliphatic hydroxyl groups is 1.